The van der Waals surface area contributed by atoms with Crippen LogP contribution in [0.5, 0.6) is 0 Å². The summed E-state index contributed by atoms with van der Waals surface area (Å²) in [7, 11) is 0. The monoisotopic (exact) mass is 370 g/mol. The Bertz CT molecular complexity index is 1350. The summed E-state index contributed by atoms with van der Waals surface area (Å²) >= 11 is 1.59. The minimum Gasteiger partial charge on any atom is -0.370 e. The molecule has 0 spiro atoms. The quantitative estimate of drug-likeness (QED) is 0.527. The summed E-state index contributed by atoms with van der Waals surface area (Å²) in [4.78, 5) is 24.6. The van der Waals surface area contributed by atoms with Crippen LogP contribution in [0.3, 0.4) is 0 Å². The van der Waals surface area contributed by atoms with Crippen LogP contribution in [0, 0.1) is 11.8 Å². The van der Waals surface area contributed by atoms with Gasteiger partial charge in [0.2, 0.25) is 0 Å². The number of nitrogens with one attached hydrogen (secondary N) is 2. The number of H-pyrrole nitrogens is 1. The van der Waals surface area contributed by atoms with E-state index in [0.717, 1.165) is 32.7 Å². The molecule has 27 heavy (non-hydrogen) atoms. The number of aromatic nitrogens is 3. The number of rotatable bonds is 2. The third-order valence-electron chi connectivity index (χ3n) is 4.58. The maximum Gasteiger partial charge on any atom is 0.191 e. The number of aromatic amines is 1. The molecule has 1 aromatic carbocycles. The summed E-state index contributed by atoms with van der Waals surface area (Å²) in [5.41, 5.74) is 7.00. The summed E-state index contributed by atoms with van der Waals surface area (Å²) < 4.78 is 1.10. The molecule has 0 bridgehead atoms. The SMILES string of the molecule is CC1=CC#CC(c2nc3[nH]ccc(=O)c3cc2-c2ccc3ncsc3c2)N1. The molecule has 3 aromatic heterocycles. The molecular weight excluding hydrogens is 356 g/mol. The molecule has 4 aromatic rings. The Morgan fingerprint density at radius 2 is 2.15 bits per heavy atom. The highest BCUT2D eigenvalue weighted by molar-refractivity contribution is 7.16. The van der Waals surface area contributed by atoms with E-state index in [1.54, 1.807) is 17.5 Å². The molecule has 130 valence electrons. The van der Waals surface area contributed by atoms with Crippen LogP contribution in [0.1, 0.15) is 18.7 Å². The van der Waals surface area contributed by atoms with E-state index < -0.39 is 0 Å². The highest BCUT2D eigenvalue weighted by atomic mass is 32.1. The van der Waals surface area contributed by atoms with Crippen molar-refractivity contribution in [3.05, 3.63) is 69.7 Å². The van der Waals surface area contributed by atoms with Crippen LogP contribution < -0.4 is 10.7 Å². The Morgan fingerprint density at radius 3 is 3.04 bits per heavy atom. The number of hydrogen-bond acceptors (Lipinski definition) is 5. The van der Waals surface area contributed by atoms with Crippen molar-refractivity contribution in [3.63, 3.8) is 0 Å². The van der Waals surface area contributed by atoms with Gasteiger partial charge in [-0.3, -0.25) is 4.79 Å². The van der Waals surface area contributed by atoms with Crippen LogP contribution in [0.2, 0.25) is 0 Å². The van der Waals surface area contributed by atoms with Crippen molar-refractivity contribution in [2.24, 2.45) is 0 Å². The molecule has 4 heterocycles. The maximum atomic E-state index is 12.4. The molecule has 5 rings (SSSR count). The fraction of sp³-hybridized carbons (Fsp3) is 0.0952. The zero-order valence-corrected chi connectivity index (χ0v) is 15.2. The third-order valence-corrected chi connectivity index (χ3v) is 5.37. The van der Waals surface area contributed by atoms with Gasteiger partial charge in [0, 0.05) is 29.6 Å². The number of thiazole rings is 1. The Kier molecular flexibility index (Phi) is 3.56. The predicted octanol–water partition coefficient (Wildman–Crippen LogP) is 3.75. The molecular formula is C21H14N4OS. The maximum absolute atomic E-state index is 12.4. The van der Waals surface area contributed by atoms with Gasteiger partial charge in [-0.1, -0.05) is 17.9 Å². The summed E-state index contributed by atoms with van der Waals surface area (Å²) in [6, 6.07) is 9.30. The lowest BCUT2D eigenvalue weighted by atomic mass is 9.97. The van der Waals surface area contributed by atoms with Crippen molar-refractivity contribution in [1.82, 2.24) is 20.3 Å². The van der Waals surface area contributed by atoms with Gasteiger partial charge in [-0.2, -0.15) is 0 Å². The average Bonchev–Trinajstić information content (AvgIpc) is 3.15. The first kappa shape index (κ1) is 15.8. The smallest absolute Gasteiger partial charge is 0.191 e. The molecule has 0 radical (unpaired) electrons. The van der Waals surface area contributed by atoms with Gasteiger partial charge >= 0.3 is 0 Å². The second kappa shape index (κ2) is 6.08. The lowest BCUT2D eigenvalue weighted by Crippen LogP contribution is -2.22. The van der Waals surface area contributed by atoms with Crippen LogP contribution in [0.25, 0.3) is 32.4 Å². The highest BCUT2D eigenvalue weighted by Crippen LogP contribution is 2.32. The van der Waals surface area contributed by atoms with Crippen molar-refractivity contribution < 1.29 is 0 Å². The first-order valence-corrected chi connectivity index (χ1v) is 9.37. The van der Waals surface area contributed by atoms with Crippen LogP contribution >= 0.6 is 11.3 Å². The summed E-state index contributed by atoms with van der Waals surface area (Å²) in [5.74, 6) is 6.24. The van der Waals surface area contributed by atoms with Crippen LogP contribution in [-0.4, -0.2) is 15.0 Å². The van der Waals surface area contributed by atoms with Crippen LogP contribution in [-0.2, 0) is 0 Å². The Morgan fingerprint density at radius 1 is 1.22 bits per heavy atom. The van der Waals surface area contributed by atoms with Crippen molar-refractivity contribution in [2.75, 3.05) is 0 Å². The Balaban J connectivity index is 1.79. The molecule has 2 N–H and O–H groups in total. The average molecular weight is 370 g/mol. The van der Waals surface area contributed by atoms with Gasteiger partial charge < -0.3 is 10.3 Å². The molecule has 1 aliphatic heterocycles. The van der Waals surface area contributed by atoms with Crippen molar-refractivity contribution in [2.45, 2.75) is 13.0 Å². The van der Waals surface area contributed by atoms with Gasteiger partial charge in [0.15, 0.2) is 5.43 Å². The largest absolute Gasteiger partial charge is 0.370 e. The number of hydrogen-bond donors (Lipinski definition) is 2. The van der Waals surface area contributed by atoms with Gasteiger partial charge in [0.25, 0.3) is 0 Å². The molecule has 1 atom stereocenters. The zero-order valence-electron chi connectivity index (χ0n) is 14.4. The normalized spacial score (nSPS) is 15.9. The molecule has 0 saturated heterocycles. The second-order valence-corrected chi connectivity index (χ2v) is 7.27. The number of allylic oxidation sites excluding steroid dienone is 2. The standard InChI is InChI=1S/C21H14N4OS/c1-12-3-2-4-17(24-12)20-14(10-15-18(26)7-8-22-21(15)25-20)13-5-6-16-19(9-13)27-11-23-16/h3,5-11,17,24H,1H3,(H,22,25,26). The van der Waals surface area contributed by atoms with E-state index in [-0.39, 0.29) is 11.5 Å². The van der Waals surface area contributed by atoms with Gasteiger partial charge in [-0.15, -0.1) is 11.3 Å². The number of nitrogens with zero attached hydrogens (tertiary/aromatic N) is 2. The van der Waals surface area contributed by atoms with E-state index in [0.29, 0.717) is 11.0 Å². The summed E-state index contributed by atoms with van der Waals surface area (Å²) in [5, 5.41) is 3.94. The third kappa shape index (κ3) is 2.69. The topological polar surface area (TPSA) is 70.7 Å². The molecule has 0 fully saturated rings. The lowest BCUT2D eigenvalue weighted by Gasteiger charge is -2.20. The number of fused-ring (bicyclic) bond motifs is 2. The van der Waals surface area contributed by atoms with E-state index in [2.05, 4.69) is 33.2 Å². The fourth-order valence-electron chi connectivity index (χ4n) is 3.26. The molecule has 1 aliphatic rings. The minimum absolute atomic E-state index is 0.0540. The van der Waals surface area contributed by atoms with Gasteiger partial charge in [0.05, 0.1) is 26.8 Å². The van der Waals surface area contributed by atoms with E-state index in [1.807, 2.05) is 36.7 Å². The lowest BCUT2D eigenvalue weighted by molar-refractivity contribution is 0.711. The zero-order chi connectivity index (χ0) is 18.4. The van der Waals surface area contributed by atoms with Gasteiger partial charge in [-0.25, -0.2) is 9.97 Å². The first-order chi connectivity index (χ1) is 13.2. The highest BCUT2D eigenvalue weighted by Gasteiger charge is 2.20. The Labute approximate surface area is 158 Å². The fourth-order valence-corrected chi connectivity index (χ4v) is 3.98. The van der Waals surface area contributed by atoms with Crippen LogP contribution in [0.15, 0.2) is 58.6 Å². The van der Waals surface area contributed by atoms with Crippen LogP contribution in [0.4, 0.5) is 0 Å². The summed E-state index contributed by atoms with van der Waals surface area (Å²) in [6.45, 7) is 1.98. The number of benzene rings is 1. The molecule has 1 unspecified atom stereocenters. The summed E-state index contributed by atoms with van der Waals surface area (Å²) in [6.07, 6.45) is 3.47. The van der Waals surface area contributed by atoms with E-state index >= 15 is 0 Å². The predicted molar refractivity (Wildman–Crippen MR) is 108 cm³/mol. The molecule has 5 nitrogen and oxygen atoms in total. The number of pyridine rings is 2. The minimum atomic E-state index is -0.240. The van der Waals surface area contributed by atoms with Crippen molar-refractivity contribution in [3.8, 4) is 23.0 Å². The van der Waals surface area contributed by atoms with Crippen molar-refractivity contribution in [1.29, 1.82) is 0 Å². The van der Waals surface area contributed by atoms with E-state index in [9.17, 15) is 4.79 Å². The van der Waals surface area contributed by atoms with Crippen molar-refractivity contribution >= 4 is 32.6 Å². The van der Waals surface area contributed by atoms with Gasteiger partial charge in [-0.05, 0) is 30.7 Å². The van der Waals surface area contributed by atoms with E-state index in [1.165, 1.54) is 6.07 Å². The first-order valence-electron chi connectivity index (χ1n) is 8.49. The van der Waals surface area contributed by atoms with E-state index in [4.69, 9.17) is 4.98 Å². The molecule has 0 aliphatic carbocycles. The molecule has 6 heteroatoms. The second-order valence-electron chi connectivity index (χ2n) is 6.39. The van der Waals surface area contributed by atoms with Gasteiger partial charge in [0.1, 0.15) is 11.7 Å². The molecule has 0 amide bonds. The Hall–Kier alpha value is -3.43. The molecule has 0 saturated carbocycles.